The number of rotatable bonds is 0. The van der Waals surface area contributed by atoms with Gasteiger partial charge in [0.2, 0.25) is 0 Å². The molecule has 0 aliphatic carbocycles. The third kappa shape index (κ3) is 0.925. The number of fused-ring (bicyclic) bond motifs is 1. The van der Waals surface area contributed by atoms with Gasteiger partial charge in [-0.1, -0.05) is 17.7 Å². The molecule has 0 spiro atoms. The van der Waals surface area contributed by atoms with E-state index in [4.69, 9.17) is 11.6 Å². The van der Waals surface area contributed by atoms with Crippen molar-refractivity contribution in [3.8, 4) is 0 Å². The second kappa shape index (κ2) is 2.28. The van der Waals surface area contributed by atoms with Crippen LogP contribution in [0.1, 0.15) is 0 Å². The lowest BCUT2D eigenvalue weighted by Crippen LogP contribution is -1.81. The molecule has 0 unspecified atom stereocenters. The molecule has 2 rings (SSSR count). The summed E-state index contributed by atoms with van der Waals surface area (Å²) in [7, 11) is 1.98. The van der Waals surface area contributed by atoms with Crippen LogP contribution >= 0.6 is 11.6 Å². The maximum absolute atomic E-state index is 5.94. The summed E-state index contributed by atoms with van der Waals surface area (Å²) in [6, 6.07) is 8.78. The summed E-state index contributed by atoms with van der Waals surface area (Å²) in [6.07, 6.45) is 1.90. The molecule has 1 nitrogen and oxygen atoms in total. The largest absolute Gasteiger partial charge is 0.349 e. The Bertz CT molecular complexity index is 353. The summed E-state index contributed by atoms with van der Waals surface area (Å²) in [6.45, 7) is 0. The van der Waals surface area contributed by atoms with Gasteiger partial charge in [0.15, 0.2) is 0 Å². The molecule has 11 heavy (non-hydrogen) atoms. The molecule has 2 heteroatoms. The minimum absolute atomic E-state index is 0.791. The van der Waals surface area contributed by atoms with E-state index in [1.165, 1.54) is 0 Å². The molecule has 0 saturated heterocycles. The normalized spacial score (nSPS) is 10.7. The van der Waals surface area contributed by atoms with E-state index >= 15 is 0 Å². The summed E-state index contributed by atoms with van der Waals surface area (Å²) in [4.78, 5) is 0. The van der Waals surface area contributed by atoms with Crippen LogP contribution < -0.4 is 0 Å². The lowest BCUT2D eigenvalue weighted by atomic mass is 10.2. The van der Waals surface area contributed by atoms with Crippen LogP contribution in [0.5, 0.6) is 0 Å². The monoisotopic (exact) mass is 164 g/mol. The molecular weight excluding hydrogens is 158 g/mol. The van der Waals surface area contributed by atoms with Gasteiger partial charge in [0.1, 0.15) is 0 Å². The van der Waals surface area contributed by atoms with Gasteiger partial charge in [-0.3, -0.25) is 0 Å². The van der Waals surface area contributed by atoms with E-state index < -0.39 is 0 Å². The smallest absolute Gasteiger partial charge is 0.0661 e. The topological polar surface area (TPSA) is 4.93 Å². The number of benzene rings is 1. The second-order valence-electron chi connectivity index (χ2n) is 2.53. The highest BCUT2D eigenvalue weighted by molar-refractivity contribution is 6.35. The van der Waals surface area contributed by atoms with Crippen molar-refractivity contribution in [2.24, 2.45) is 7.05 Å². The number of nitrogens with zero attached hydrogens (tertiary/aromatic N) is 1. The van der Waals surface area contributed by atoms with Gasteiger partial charge in [-0.2, -0.15) is 0 Å². The van der Waals surface area contributed by atoms with Gasteiger partial charge in [-0.25, -0.2) is 0 Å². The van der Waals surface area contributed by atoms with E-state index in [9.17, 15) is 0 Å². The summed E-state index contributed by atoms with van der Waals surface area (Å²) < 4.78 is 2.01. The van der Waals surface area contributed by atoms with Crippen LogP contribution in [0, 0.1) is 6.07 Å². The van der Waals surface area contributed by atoms with Crippen molar-refractivity contribution < 1.29 is 0 Å². The van der Waals surface area contributed by atoms with Gasteiger partial charge in [0.25, 0.3) is 0 Å². The fourth-order valence-electron chi connectivity index (χ4n) is 1.23. The Kier molecular flexibility index (Phi) is 1.40. The van der Waals surface area contributed by atoms with Gasteiger partial charge in [-0.15, -0.1) is 0 Å². The quantitative estimate of drug-likeness (QED) is 0.564. The van der Waals surface area contributed by atoms with Crippen LogP contribution in [0.25, 0.3) is 10.9 Å². The van der Waals surface area contributed by atoms with Gasteiger partial charge < -0.3 is 4.57 Å². The zero-order chi connectivity index (χ0) is 7.84. The number of hydrogen-bond acceptors (Lipinski definition) is 0. The Morgan fingerprint density at radius 3 is 3.09 bits per heavy atom. The van der Waals surface area contributed by atoms with Gasteiger partial charge in [0, 0.05) is 24.1 Å². The molecule has 2 aromatic rings. The molecule has 1 aromatic heterocycles. The average Bonchev–Trinajstić information content (AvgIpc) is 2.30. The Labute approximate surface area is 70.2 Å². The van der Waals surface area contributed by atoms with E-state index in [0.29, 0.717) is 0 Å². The molecule has 0 saturated carbocycles. The maximum Gasteiger partial charge on any atom is 0.0661 e. The molecule has 1 aromatic carbocycles. The summed E-state index contributed by atoms with van der Waals surface area (Å²) in [5, 5.41) is 1.86. The van der Waals surface area contributed by atoms with E-state index in [1.807, 2.05) is 36.0 Å². The molecule has 0 atom stereocenters. The van der Waals surface area contributed by atoms with Crippen LogP contribution in [0.2, 0.25) is 5.02 Å². The van der Waals surface area contributed by atoms with E-state index in [1.54, 1.807) is 0 Å². The third-order valence-corrected chi connectivity index (χ3v) is 2.09. The standard InChI is InChI=1S/C9H7ClN/c1-11-6-8(10)7-4-2-3-5-9(7)11/h3-6H,1H3. The minimum atomic E-state index is 0.791. The molecule has 1 radical (unpaired) electrons. The zero-order valence-electron chi connectivity index (χ0n) is 6.13. The molecule has 0 fully saturated rings. The Balaban J connectivity index is 2.95. The zero-order valence-corrected chi connectivity index (χ0v) is 6.89. The molecule has 0 aliphatic heterocycles. The minimum Gasteiger partial charge on any atom is -0.349 e. The fourth-order valence-corrected chi connectivity index (χ4v) is 1.53. The number of hydrogen-bond donors (Lipinski definition) is 0. The van der Waals surface area contributed by atoms with Gasteiger partial charge in [0.05, 0.1) is 5.02 Å². The van der Waals surface area contributed by atoms with E-state index in [2.05, 4.69) is 6.07 Å². The molecule has 0 bridgehead atoms. The summed E-state index contributed by atoms with van der Waals surface area (Å²) in [5.41, 5.74) is 1.15. The van der Waals surface area contributed by atoms with Crippen LogP contribution in [0.15, 0.2) is 24.4 Å². The van der Waals surface area contributed by atoms with Crippen molar-refractivity contribution >= 4 is 22.5 Å². The fraction of sp³-hybridized carbons (Fsp3) is 0.111. The van der Waals surface area contributed by atoms with Crippen molar-refractivity contribution in [3.05, 3.63) is 35.5 Å². The average molecular weight is 165 g/mol. The number of aryl methyl sites for hydroxylation is 1. The maximum atomic E-state index is 5.94. The number of aromatic nitrogens is 1. The molecule has 0 amide bonds. The second-order valence-corrected chi connectivity index (χ2v) is 2.94. The lowest BCUT2D eigenvalue weighted by molar-refractivity contribution is 0.969. The van der Waals surface area contributed by atoms with E-state index in [0.717, 1.165) is 15.9 Å². The first-order valence-corrected chi connectivity index (χ1v) is 3.77. The molecule has 55 valence electrons. The predicted octanol–water partition coefficient (Wildman–Crippen LogP) is 2.63. The Morgan fingerprint density at radius 2 is 2.36 bits per heavy atom. The van der Waals surface area contributed by atoms with Gasteiger partial charge in [-0.05, 0) is 18.2 Å². The SMILES string of the molecule is Cn1cc(Cl)c2c[c]ccc21. The molecule has 0 aliphatic rings. The number of halogens is 1. The van der Waals surface area contributed by atoms with Crippen LogP contribution in [-0.2, 0) is 7.05 Å². The molecular formula is C9H7ClN. The first-order valence-electron chi connectivity index (χ1n) is 3.39. The van der Waals surface area contributed by atoms with Crippen molar-refractivity contribution in [2.45, 2.75) is 0 Å². The van der Waals surface area contributed by atoms with Crippen LogP contribution in [0.4, 0.5) is 0 Å². The van der Waals surface area contributed by atoms with Crippen LogP contribution in [-0.4, -0.2) is 4.57 Å². The van der Waals surface area contributed by atoms with Crippen molar-refractivity contribution in [1.82, 2.24) is 4.57 Å². The lowest BCUT2D eigenvalue weighted by Gasteiger charge is -1.91. The highest BCUT2D eigenvalue weighted by Crippen LogP contribution is 2.23. The van der Waals surface area contributed by atoms with Gasteiger partial charge >= 0.3 is 0 Å². The highest BCUT2D eigenvalue weighted by Gasteiger charge is 2.01. The molecule has 0 N–H and O–H groups in total. The first-order chi connectivity index (χ1) is 5.29. The molecule has 1 heterocycles. The summed E-state index contributed by atoms with van der Waals surface area (Å²) >= 11 is 5.94. The van der Waals surface area contributed by atoms with Crippen molar-refractivity contribution in [2.75, 3.05) is 0 Å². The van der Waals surface area contributed by atoms with Crippen LogP contribution in [0.3, 0.4) is 0 Å². The summed E-state index contributed by atoms with van der Waals surface area (Å²) in [5.74, 6) is 0. The third-order valence-electron chi connectivity index (χ3n) is 1.79. The Morgan fingerprint density at radius 1 is 1.55 bits per heavy atom. The predicted molar refractivity (Wildman–Crippen MR) is 46.8 cm³/mol. The first kappa shape index (κ1) is 6.74. The van der Waals surface area contributed by atoms with Crippen molar-refractivity contribution in [1.29, 1.82) is 0 Å². The highest BCUT2D eigenvalue weighted by atomic mass is 35.5. The Hall–Kier alpha value is -0.950. The van der Waals surface area contributed by atoms with Crippen molar-refractivity contribution in [3.63, 3.8) is 0 Å². The van der Waals surface area contributed by atoms with E-state index in [-0.39, 0.29) is 0 Å².